The van der Waals surface area contributed by atoms with E-state index in [2.05, 4.69) is 52.4 Å². The molecule has 2 heteroatoms. The Bertz CT molecular complexity index is 351. The highest BCUT2D eigenvalue weighted by Crippen LogP contribution is 2.28. The molecule has 2 rings (SSSR count). The van der Waals surface area contributed by atoms with Crippen LogP contribution in [-0.4, -0.2) is 6.54 Å². The third-order valence-corrected chi connectivity index (χ3v) is 4.41. The van der Waals surface area contributed by atoms with Crippen LogP contribution in [0.25, 0.3) is 0 Å². The molecule has 0 amide bonds. The minimum Gasteiger partial charge on any atom is -0.312 e. The van der Waals surface area contributed by atoms with Crippen molar-refractivity contribution >= 4 is 15.9 Å². The average molecular weight is 296 g/mol. The Morgan fingerprint density at radius 1 is 1.29 bits per heavy atom. The first kappa shape index (κ1) is 13.1. The van der Waals surface area contributed by atoms with E-state index < -0.39 is 0 Å². The van der Waals surface area contributed by atoms with Crippen LogP contribution in [0.2, 0.25) is 0 Å². The molecular weight excluding hydrogens is 274 g/mol. The predicted molar refractivity (Wildman–Crippen MR) is 77.0 cm³/mol. The zero-order chi connectivity index (χ0) is 12.1. The fraction of sp³-hybridized carbons (Fsp3) is 0.600. The van der Waals surface area contributed by atoms with Crippen LogP contribution in [0.4, 0.5) is 0 Å². The largest absolute Gasteiger partial charge is 0.312 e. The summed E-state index contributed by atoms with van der Waals surface area (Å²) in [6, 6.07) is 8.55. The molecule has 2 atom stereocenters. The van der Waals surface area contributed by atoms with Crippen molar-refractivity contribution in [3.05, 3.63) is 34.3 Å². The molecule has 1 aliphatic carbocycles. The van der Waals surface area contributed by atoms with Gasteiger partial charge in [-0.3, -0.25) is 0 Å². The van der Waals surface area contributed by atoms with E-state index >= 15 is 0 Å². The lowest BCUT2D eigenvalue weighted by atomic mass is 9.80. The lowest BCUT2D eigenvalue weighted by Gasteiger charge is -2.28. The van der Waals surface area contributed by atoms with Crippen molar-refractivity contribution in [2.24, 2.45) is 11.8 Å². The lowest BCUT2D eigenvalue weighted by Crippen LogP contribution is -2.29. The minimum atomic E-state index is 0.885. The summed E-state index contributed by atoms with van der Waals surface area (Å²) < 4.78 is 1.17. The second kappa shape index (κ2) is 6.55. The third-order valence-electron chi connectivity index (χ3n) is 3.91. The molecule has 1 aromatic rings. The molecule has 94 valence electrons. The first-order chi connectivity index (χ1) is 8.25. The van der Waals surface area contributed by atoms with Gasteiger partial charge in [0.05, 0.1) is 0 Å². The summed E-state index contributed by atoms with van der Waals surface area (Å²) in [7, 11) is 0. The Hall–Kier alpha value is -0.340. The van der Waals surface area contributed by atoms with E-state index in [1.54, 1.807) is 0 Å². The van der Waals surface area contributed by atoms with Crippen LogP contribution in [0, 0.1) is 11.8 Å². The highest BCUT2D eigenvalue weighted by Gasteiger charge is 2.20. The van der Waals surface area contributed by atoms with Gasteiger partial charge in [0, 0.05) is 11.0 Å². The molecule has 1 aliphatic rings. The Balaban J connectivity index is 1.75. The summed E-state index contributed by atoms with van der Waals surface area (Å²) in [5.74, 6) is 1.79. The van der Waals surface area contributed by atoms with Crippen LogP contribution in [0.15, 0.2) is 28.7 Å². The number of halogens is 1. The summed E-state index contributed by atoms with van der Waals surface area (Å²) in [6.45, 7) is 4.57. The highest BCUT2D eigenvalue weighted by molar-refractivity contribution is 9.10. The number of hydrogen-bond donors (Lipinski definition) is 1. The fourth-order valence-corrected chi connectivity index (χ4v) is 3.19. The van der Waals surface area contributed by atoms with Gasteiger partial charge in [-0.05, 0) is 42.5 Å². The lowest BCUT2D eigenvalue weighted by molar-refractivity contribution is 0.247. The van der Waals surface area contributed by atoms with E-state index in [0.717, 1.165) is 18.4 Å². The van der Waals surface area contributed by atoms with E-state index in [-0.39, 0.29) is 0 Å². The standard InChI is InChI=1S/C15H22BrN/c1-12-5-2-3-7-14(12)11-17-10-13-6-4-8-15(16)9-13/h4,6,8-9,12,14,17H,2-3,5,7,10-11H2,1H3. The molecule has 0 heterocycles. The second-order valence-electron chi connectivity index (χ2n) is 5.28. The minimum absolute atomic E-state index is 0.885. The van der Waals surface area contributed by atoms with Crippen LogP contribution in [0.5, 0.6) is 0 Å². The molecule has 0 spiro atoms. The number of benzene rings is 1. The highest BCUT2D eigenvalue weighted by atomic mass is 79.9. The topological polar surface area (TPSA) is 12.0 Å². The molecule has 0 radical (unpaired) electrons. The van der Waals surface area contributed by atoms with Gasteiger partial charge < -0.3 is 5.32 Å². The maximum Gasteiger partial charge on any atom is 0.0206 e. The summed E-state index contributed by atoms with van der Waals surface area (Å²) in [6.07, 6.45) is 5.69. The smallest absolute Gasteiger partial charge is 0.0206 e. The molecule has 1 saturated carbocycles. The van der Waals surface area contributed by atoms with E-state index in [4.69, 9.17) is 0 Å². The van der Waals surface area contributed by atoms with Crippen molar-refractivity contribution in [1.29, 1.82) is 0 Å². The summed E-state index contributed by atoms with van der Waals surface area (Å²) in [5.41, 5.74) is 1.36. The zero-order valence-electron chi connectivity index (χ0n) is 10.6. The number of hydrogen-bond acceptors (Lipinski definition) is 1. The molecule has 1 N–H and O–H groups in total. The van der Waals surface area contributed by atoms with Gasteiger partial charge >= 0.3 is 0 Å². The van der Waals surface area contributed by atoms with Gasteiger partial charge in [-0.15, -0.1) is 0 Å². The van der Waals surface area contributed by atoms with Gasteiger partial charge in [0.25, 0.3) is 0 Å². The Labute approximate surface area is 113 Å². The Morgan fingerprint density at radius 2 is 2.12 bits per heavy atom. The maximum absolute atomic E-state index is 3.61. The van der Waals surface area contributed by atoms with Crippen molar-refractivity contribution in [2.45, 2.75) is 39.2 Å². The normalized spacial score (nSPS) is 24.8. The second-order valence-corrected chi connectivity index (χ2v) is 6.20. The van der Waals surface area contributed by atoms with Crippen molar-refractivity contribution in [2.75, 3.05) is 6.54 Å². The average Bonchev–Trinajstić information content (AvgIpc) is 2.32. The first-order valence-electron chi connectivity index (χ1n) is 6.71. The van der Waals surface area contributed by atoms with Crippen LogP contribution in [0.3, 0.4) is 0 Å². The summed E-state index contributed by atoms with van der Waals surface area (Å²) >= 11 is 3.51. The van der Waals surface area contributed by atoms with Gasteiger partial charge in [0.1, 0.15) is 0 Å². The molecule has 2 unspecified atom stereocenters. The molecular formula is C15H22BrN. The van der Waals surface area contributed by atoms with E-state index in [1.165, 1.54) is 42.3 Å². The number of nitrogens with one attached hydrogen (secondary N) is 1. The molecule has 0 aliphatic heterocycles. The van der Waals surface area contributed by atoms with Gasteiger partial charge in [0.15, 0.2) is 0 Å². The molecule has 0 bridgehead atoms. The maximum atomic E-state index is 3.61. The van der Waals surface area contributed by atoms with Crippen LogP contribution in [-0.2, 0) is 6.54 Å². The molecule has 1 aromatic carbocycles. The van der Waals surface area contributed by atoms with Crippen molar-refractivity contribution in [3.63, 3.8) is 0 Å². The fourth-order valence-electron chi connectivity index (χ4n) is 2.75. The molecule has 0 saturated heterocycles. The van der Waals surface area contributed by atoms with Crippen LogP contribution < -0.4 is 5.32 Å². The van der Waals surface area contributed by atoms with Crippen molar-refractivity contribution < 1.29 is 0 Å². The SMILES string of the molecule is CC1CCCCC1CNCc1cccc(Br)c1. The Morgan fingerprint density at radius 3 is 2.88 bits per heavy atom. The van der Waals surface area contributed by atoms with Crippen LogP contribution in [0.1, 0.15) is 38.2 Å². The quantitative estimate of drug-likeness (QED) is 0.870. The zero-order valence-corrected chi connectivity index (χ0v) is 12.2. The summed E-state index contributed by atoms with van der Waals surface area (Å²) in [5, 5.41) is 3.61. The first-order valence-corrected chi connectivity index (χ1v) is 7.50. The van der Waals surface area contributed by atoms with Crippen molar-refractivity contribution in [1.82, 2.24) is 5.32 Å². The van der Waals surface area contributed by atoms with Gasteiger partial charge in [-0.1, -0.05) is 54.2 Å². The Kier molecular flexibility index (Phi) is 5.05. The molecule has 17 heavy (non-hydrogen) atoms. The van der Waals surface area contributed by atoms with E-state index in [9.17, 15) is 0 Å². The van der Waals surface area contributed by atoms with E-state index in [0.29, 0.717) is 0 Å². The predicted octanol–water partition coefficient (Wildman–Crippen LogP) is 4.37. The van der Waals surface area contributed by atoms with Gasteiger partial charge in [-0.2, -0.15) is 0 Å². The summed E-state index contributed by atoms with van der Waals surface area (Å²) in [4.78, 5) is 0. The van der Waals surface area contributed by atoms with E-state index in [1.807, 2.05) is 0 Å². The number of rotatable bonds is 4. The van der Waals surface area contributed by atoms with Crippen molar-refractivity contribution in [3.8, 4) is 0 Å². The van der Waals surface area contributed by atoms with Crippen LogP contribution >= 0.6 is 15.9 Å². The molecule has 0 aromatic heterocycles. The van der Waals surface area contributed by atoms with Gasteiger partial charge in [-0.25, -0.2) is 0 Å². The molecule has 1 fully saturated rings. The molecule has 1 nitrogen and oxygen atoms in total. The monoisotopic (exact) mass is 295 g/mol. The third kappa shape index (κ3) is 4.11. The van der Waals surface area contributed by atoms with Gasteiger partial charge in [0.2, 0.25) is 0 Å².